The molecule has 2 aliphatic rings. The van der Waals surface area contributed by atoms with Gasteiger partial charge in [0.2, 0.25) is 0 Å². The molecule has 0 aromatic carbocycles. The fourth-order valence-electron chi connectivity index (χ4n) is 6.05. The molecule has 14 heteroatoms. The lowest BCUT2D eigenvalue weighted by Crippen LogP contribution is -2.51. The van der Waals surface area contributed by atoms with Crippen LogP contribution in [0.2, 0.25) is 0 Å². The summed E-state index contributed by atoms with van der Waals surface area (Å²) in [6, 6.07) is 0.472. The van der Waals surface area contributed by atoms with Gasteiger partial charge >= 0.3 is 17.9 Å². The first kappa shape index (κ1) is 34.6. The number of nitrogen functional groups attached to an aromatic ring is 1. The largest absolute Gasteiger partial charge is 0.444 e. The lowest BCUT2D eigenvalue weighted by Gasteiger charge is -2.42. The molecule has 0 aliphatic carbocycles. The molecule has 2 fully saturated rings. The molecule has 2 N–H and O–H groups in total. The van der Waals surface area contributed by atoms with Gasteiger partial charge in [-0.1, -0.05) is 0 Å². The molecular weight excluding hydrogens is 568 g/mol. The third-order valence-electron chi connectivity index (χ3n) is 7.73. The smallest absolute Gasteiger partial charge is 0.410 e. The van der Waals surface area contributed by atoms with Gasteiger partial charge in [0.1, 0.15) is 23.6 Å². The fraction of sp³-hybridized carbons (Fsp3) is 0.733. The zero-order valence-corrected chi connectivity index (χ0v) is 27.8. The van der Waals surface area contributed by atoms with Crippen LogP contribution in [-0.2, 0) is 9.47 Å². The molecule has 4 rings (SSSR count). The monoisotopic (exact) mass is 618 g/mol. The minimum Gasteiger partial charge on any atom is -0.444 e. The average molecular weight is 619 g/mol. The average Bonchev–Trinajstić information content (AvgIpc) is 3.51. The number of hydrogen-bond donors (Lipinski definition) is 1. The molecule has 2 aliphatic heterocycles. The van der Waals surface area contributed by atoms with Gasteiger partial charge in [-0.15, -0.1) is 0 Å². The molecule has 4 unspecified atom stereocenters. The summed E-state index contributed by atoms with van der Waals surface area (Å²) in [6.07, 6.45) is 8.75. The van der Waals surface area contributed by atoms with Gasteiger partial charge in [0.15, 0.2) is 0 Å². The Hall–Kier alpha value is -3.84. The molecular formula is C30H50N8O6. The summed E-state index contributed by atoms with van der Waals surface area (Å²) in [6.45, 7) is 19.2. The van der Waals surface area contributed by atoms with E-state index in [1.807, 2.05) is 71.2 Å². The Bertz CT molecular complexity index is 1270. The maximum Gasteiger partial charge on any atom is 0.410 e. The summed E-state index contributed by atoms with van der Waals surface area (Å²) in [7, 11) is 0. The van der Waals surface area contributed by atoms with Crippen LogP contribution >= 0.6 is 0 Å². The van der Waals surface area contributed by atoms with Crippen LogP contribution in [0.25, 0.3) is 0 Å². The van der Waals surface area contributed by atoms with E-state index in [1.54, 1.807) is 15.8 Å². The van der Waals surface area contributed by atoms with Crippen LogP contribution in [0.5, 0.6) is 0 Å². The van der Waals surface area contributed by atoms with Gasteiger partial charge in [0.25, 0.3) is 0 Å². The maximum absolute atomic E-state index is 12.4. The standard InChI is InChI=1S/C15H24N4O4.C15H26N4O2/c1-10-6-12(17-9-13(8-16-17)19(21)22)7-11(2)18(10)14(20)23-15(3,4)5;1-10-6-13(18-9-12(16)8-17-18)7-11(2)19(10)14(20)21-15(3,4)5/h8-12H,6-7H2,1-5H3;8-11,13H,6-7,16H2,1-5H3. The van der Waals surface area contributed by atoms with Crippen molar-refractivity contribution in [1.82, 2.24) is 29.4 Å². The molecule has 0 bridgehead atoms. The van der Waals surface area contributed by atoms with Gasteiger partial charge in [-0.05, 0) is 94.9 Å². The molecule has 2 saturated heterocycles. The van der Waals surface area contributed by atoms with Crippen molar-refractivity contribution in [3.63, 3.8) is 0 Å². The number of ether oxygens (including phenoxy) is 2. The number of nitro groups is 1. The first-order valence-corrected chi connectivity index (χ1v) is 15.3. The SMILES string of the molecule is CC1CC(n2cc(N)cn2)CC(C)N1C(=O)OC(C)(C)C.CC1CC(n2cc([N+](=O)[O-])cn2)CC(C)N1C(=O)OC(C)(C)C. The van der Waals surface area contributed by atoms with E-state index in [0.29, 0.717) is 18.5 Å². The number of carbonyl (C=O) groups is 2. The van der Waals surface area contributed by atoms with Gasteiger partial charge in [-0.3, -0.25) is 19.5 Å². The lowest BCUT2D eigenvalue weighted by atomic mass is 9.93. The molecule has 0 spiro atoms. The highest BCUT2D eigenvalue weighted by Gasteiger charge is 2.38. The van der Waals surface area contributed by atoms with Gasteiger partial charge in [0.05, 0.1) is 28.9 Å². The van der Waals surface area contributed by atoms with E-state index >= 15 is 0 Å². The van der Waals surface area contributed by atoms with Crippen molar-refractivity contribution in [2.45, 2.75) is 142 Å². The number of nitrogens with zero attached hydrogens (tertiary/aromatic N) is 7. The molecule has 2 amide bonds. The Morgan fingerprint density at radius 3 is 1.43 bits per heavy atom. The second kappa shape index (κ2) is 13.4. The number of hydrogen-bond acceptors (Lipinski definition) is 9. The molecule has 0 saturated carbocycles. The molecule has 2 aromatic heterocycles. The van der Waals surface area contributed by atoms with Crippen molar-refractivity contribution in [2.75, 3.05) is 5.73 Å². The second-order valence-corrected chi connectivity index (χ2v) is 14.1. The summed E-state index contributed by atoms with van der Waals surface area (Å²) >= 11 is 0. The summed E-state index contributed by atoms with van der Waals surface area (Å²) in [5.74, 6) is 0. The number of likely N-dealkylation sites (tertiary alicyclic amines) is 2. The van der Waals surface area contributed by atoms with Crippen LogP contribution in [-0.4, -0.2) is 81.8 Å². The Morgan fingerprint density at radius 2 is 1.14 bits per heavy atom. The third kappa shape index (κ3) is 9.08. The molecule has 44 heavy (non-hydrogen) atoms. The minimum atomic E-state index is -0.532. The summed E-state index contributed by atoms with van der Waals surface area (Å²) < 4.78 is 14.5. The number of anilines is 1. The zero-order valence-electron chi connectivity index (χ0n) is 27.8. The van der Waals surface area contributed by atoms with Crippen molar-refractivity contribution < 1.29 is 24.0 Å². The highest BCUT2D eigenvalue weighted by molar-refractivity contribution is 5.69. The van der Waals surface area contributed by atoms with Crippen LogP contribution < -0.4 is 5.73 Å². The first-order valence-electron chi connectivity index (χ1n) is 15.3. The summed E-state index contributed by atoms with van der Waals surface area (Å²) in [4.78, 5) is 38.6. The number of carbonyl (C=O) groups excluding carboxylic acids is 2. The molecule has 4 heterocycles. The van der Waals surface area contributed by atoms with Crippen LogP contribution in [0, 0.1) is 10.1 Å². The molecule has 246 valence electrons. The first-order chi connectivity index (χ1) is 20.3. The molecule has 4 atom stereocenters. The van der Waals surface area contributed by atoms with Crippen LogP contribution in [0.15, 0.2) is 24.8 Å². The number of nitrogens with two attached hydrogens (primary N) is 1. The van der Waals surface area contributed by atoms with Crippen LogP contribution in [0.4, 0.5) is 21.0 Å². The highest BCUT2D eigenvalue weighted by Crippen LogP contribution is 2.34. The van der Waals surface area contributed by atoms with E-state index in [4.69, 9.17) is 15.2 Å². The van der Waals surface area contributed by atoms with Gasteiger partial charge in [0, 0.05) is 30.4 Å². The normalized spacial score (nSPS) is 26.0. The number of aromatic nitrogens is 4. The lowest BCUT2D eigenvalue weighted by molar-refractivity contribution is -0.385. The van der Waals surface area contributed by atoms with E-state index < -0.39 is 16.1 Å². The van der Waals surface area contributed by atoms with Crippen LogP contribution in [0.1, 0.15) is 107 Å². The molecule has 0 radical (unpaired) electrons. The van der Waals surface area contributed by atoms with E-state index in [-0.39, 0.29) is 54.1 Å². The van der Waals surface area contributed by atoms with E-state index in [9.17, 15) is 19.7 Å². The minimum absolute atomic E-state index is 0.0140. The Kier molecular flexibility index (Phi) is 10.6. The van der Waals surface area contributed by atoms with E-state index in [1.165, 1.54) is 12.4 Å². The van der Waals surface area contributed by atoms with Gasteiger partial charge in [-0.2, -0.15) is 10.2 Å². The molecule has 14 nitrogen and oxygen atoms in total. The van der Waals surface area contributed by atoms with E-state index in [2.05, 4.69) is 24.0 Å². The summed E-state index contributed by atoms with van der Waals surface area (Å²) in [5, 5.41) is 19.2. The van der Waals surface area contributed by atoms with Crippen molar-refractivity contribution in [1.29, 1.82) is 0 Å². The topological polar surface area (TPSA) is 164 Å². The molecule has 2 aromatic rings. The third-order valence-corrected chi connectivity index (χ3v) is 7.73. The van der Waals surface area contributed by atoms with Crippen molar-refractivity contribution >= 4 is 23.6 Å². The second-order valence-electron chi connectivity index (χ2n) is 14.1. The van der Waals surface area contributed by atoms with E-state index in [0.717, 1.165) is 12.8 Å². The van der Waals surface area contributed by atoms with Gasteiger partial charge in [-0.25, -0.2) is 9.59 Å². The Labute approximate surface area is 260 Å². The Morgan fingerprint density at radius 1 is 0.773 bits per heavy atom. The van der Waals surface area contributed by atoms with Gasteiger partial charge < -0.3 is 25.0 Å². The summed E-state index contributed by atoms with van der Waals surface area (Å²) in [5.41, 5.74) is 5.39. The highest BCUT2D eigenvalue weighted by atomic mass is 16.6. The quantitative estimate of drug-likeness (QED) is 0.323. The number of amides is 2. The predicted molar refractivity (Wildman–Crippen MR) is 166 cm³/mol. The zero-order chi connectivity index (χ0) is 33.1. The number of rotatable bonds is 3. The van der Waals surface area contributed by atoms with Crippen LogP contribution in [0.3, 0.4) is 0 Å². The van der Waals surface area contributed by atoms with Crippen molar-refractivity contribution in [2.24, 2.45) is 0 Å². The van der Waals surface area contributed by atoms with Crippen molar-refractivity contribution in [3.05, 3.63) is 34.9 Å². The predicted octanol–water partition coefficient (Wildman–Crippen LogP) is 5.95. The number of piperidine rings is 2. The maximum atomic E-state index is 12.4. The van der Waals surface area contributed by atoms with Crippen molar-refractivity contribution in [3.8, 4) is 0 Å². The Balaban J connectivity index is 0.000000241. The fourth-order valence-corrected chi connectivity index (χ4v) is 6.05.